The maximum Gasteiger partial charge on any atom is 0.324 e. The van der Waals surface area contributed by atoms with E-state index in [1.807, 2.05) is 0 Å². The maximum absolute atomic E-state index is 12.1. The largest absolute Gasteiger partial charge is 0.469 e. The van der Waals surface area contributed by atoms with Crippen LogP contribution in [0.2, 0.25) is 5.02 Å². The second-order valence-corrected chi connectivity index (χ2v) is 5.28. The molecule has 0 heterocycles. The van der Waals surface area contributed by atoms with Crippen LogP contribution in [-0.4, -0.2) is 36.5 Å². The Labute approximate surface area is 134 Å². The first-order chi connectivity index (χ1) is 10.3. The second-order valence-electron chi connectivity index (χ2n) is 4.84. The summed E-state index contributed by atoms with van der Waals surface area (Å²) in [6, 6.07) is 6.42. The molecule has 0 aliphatic rings. The van der Waals surface area contributed by atoms with E-state index in [-0.39, 0.29) is 13.1 Å². The number of nitrogens with one attached hydrogen (secondary N) is 1. The van der Waals surface area contributed by atoms with Crippen molar-refractivity contribution in [2.45, 2.75) is 20.4 Å². The molecule has 1 aromatic rings. The predicted octanol–water partition coefficient (Wildman–Crippen LogP) is 2.21. The first-order valence-electron chi connectivity index (χ1n) is 6.73. The van der Waals surface area contributed by atoms with Crippen LogP contribution in [0.3, 0.4) is 0 Å². The van der Waals surface area contributed by atoms with Gasteiger partial charge in [-0.1, -0.05) is 30.7 Å². The smallest absolute Gasteiger partial charge is 0.324 e. The number of carbonyl (C=O) groups excluding carboxylic acids is 3. The molecule has 1 rings (SSSR count). The lowest BCUT2D eigenvalue weighted by Gasteiger charge is -2.22. The number of amides is 3. The zero-order valence-electron chi connectivity index (χ0n) is 12.8. The lowest BCUT2D eigenvalue weighted by molar-refractivity contribution is -0.145. The van der Waals surface area contributed by atoms with E-state index in [2.05, 4.69) is 10.1 Å². The highest BCUT2D eigenvalue weighted by Crippen LogP contribution is 2.09. The first kappa shape index (κ1) is 18.0. The SMILES string of the molecule is COC(=O)[C@@H](C)CN(C(C)=O)C(=O)NCc1ccc(Cl)cc1. The van der Waals surface area contributed by atoms with Gasteiger partial charge in [0.25, 0.3) is 0 Å². The Morgan fingerprint density at radius 3 is 2.36 bits per heavy atom. The number of imide groups is 1. The van der Waals surface area contributed by atoms with Gasteiger partial charge in [0.2, 0.25) is 5.91 Å². The third kappa shape index (κ3) is 5.37. The quantitative estimate of drug-likeness (QED) is 0.842. The number of methoxy groups -OCH3 is 1. The van der Waals surface area contributed by atoms with Crippen LogP contribution in [0, 0.1) is 5.92 Å². The molecule has 0 aliphatic carbocycles. The van der Waals surface area contributed by atoms with Gasteiger partial charge in [-0.2, -0.15) is 0 Å². The number of urea groups is 1. The number of halogens is 1. The number of benzene rings is 1. The summed E-state index contributed by atoms with van der Waals surface area (Å²) in [5, 5.41) is 3.24. The Morgan fingerprint density at radius 1 is 1.27 bits per heavy atom. The molecule has 0 fully saturated rings. The number of nitrogens with zero attached hydrogens (tertiary/aromatic N) is 1. The van der Waals surface area contributed by atoms with E-state index in [4.69, 9.17) is 11.6 Å². The zero-order chi connectivity index (χ0) is 16.7. The van der Waals surface area contributed by atoms with Crippen molar-refractivity contribution in [1.82, 2.24) is 10.2 Å². The summed E-state index contributed by atoms with van der Waals surface area (Å²) in [5.41, 5.74) is 0.849. The van der Waals surface area contributed by atoms with Crippen molar-refractivity contribution in [1.29, 1.82) is 0 Å². The van der Waals surface area contributed by atoms with Gasteiger partial charge < -0.3 is 10.1 Å². The van der Waals surface area contributed by atoms with Crippen LogP contribution in [0.25, 0.3) is 0 Å². The van der Waals surface area contributed by atoms with Crippen LogP contribution in [0.5, 0.6) is 0 Å². The van der Waals surface area contributed by atoms with Gasteiger partial charge >= 0.3 is 12.0 Å². The molecule has 7 heteroatoms. The molecule has 0 aromatic heterocycles. The zero-order valence-corrected chi connectivity index (χ0v) is 13.5. The molecule has 3 amide bonds. The summed E-state index contributed by atoms with van der Waals surface area (Å²) in [6.45, 7) is 3.08. The second kappa shape index (κ2) is 8.38. The van der Waals surface area contributed by atoms with E-state index in [0.717, 1.165) is 10.5 Å². The standard InChI is InChI=1S/C15H19ClN2O4/c1-10(14(20)22-3)9-18(11(2)19)15(21)17-8-12-4-6-13(16)7-5-12/h4-7,10H,8-9H2,1-3H3,(H,17,21)/t10-/m0/s1. The Kier molecular flexibility index (Phi) is 6.85. The average molecular weight is 327 g/mol. The highest BCUT2D eigenvalue weighted by molar-refractivity contribution is 6.30. The molecule has 6 nitrogen and oxygen atoms in total. The average Bonchev–Trinajstić information content (AvgIpc) is 2.50. The molecule has 0 radical (unpaired) electrons. The Balaban J connectivity index is 2.63. The number of hydrogen-bond donors (Lipinski definition) is 1. The van der Waals surface area contributed by atoms with Crippen molar-refractivity contribution in [3.8, 4) is 0 Å². The van der Waals surface area contributed by atoms with Crippen LogP contribution in [-0.2, 0) is 20.9 Å². The summed E-state index contributed by atoms with van der Waals surface area (Å²) in [4.78, 5) is 36.1. The van der Waals surface area contributed by atoms with Gasteiger partial charge in [0, 0.05) is 25.0 Å². The number of esters is 1. The molecular weight excluding hydrogens is 308 g/mol. The highest BCUT2D eigenvalue weighted by atomic mass is 35.5. The van der Waals surface area contributed by atoms with E-state index < -0.39 is 23.8 Å². The molecule has 0 saturated heterocycles. The summed E-state index contributed by atoms with van der Waals surface area (Å²) in [6.07, 6.45) is 0. The fraction of sp³-hybridized carbons (Fsp3) is 0.400. The van der Waals surface area contributed by atoms with Crippen LogP contribution in [0.4, 0.5) is 4.79 Å². The third-order valence-corrected chi connectivity index (χ3v) is 3.29. The van der Waals surface area contributed by atoms with Crippen molar-refractivity contribution >= 4 is 29.5 Å². The third-order valence-electron chi connectivity index (χ3n) is 3.04. The number of hydrogen-bond acceptors (Lipinski definition) is 4. The topological polar surface area (TPSA) is 75.7 Å². The van der Waals surface area contributed by atoms with Gasteiger partial charge in [-0.05, 0) is 17.7 Å². The first-order valence-corrected chi connectivity index (χ1v) is 7.11. The van der Waals surface area contributed by atoms with Gasteiger partial charge in [-0.15, -0.1) is 0 Å². The summed E-state index contributed by atoms with van der Waals surface area (Å²) >= 11 is 5.78. The van der Waals surface area contributed by atoms with Crippen molar-refractivity contribution < 1.29 is 19.1 Å². The van der Waals surface area contributed by atoms with Crippen LogP contribution in [0.1, 0.15) is 19.4 Å². The highest BCUT2D eigenvalue weighted by Gasteiger charge is 2.24. The normalized spacial score (nSPS) is 11.5. The fourth-order valence-electron chi connectivity index (χ4n) is 1.78. The van der Waals surface area contributed by atoms with E-state index >= 15 is 0 Å². The van der Waals surface area contributed by atoms with Gasteiger partial charge in [-0.3, -0.25) is 14.5 Å². The summed E-state index contributed by atoms with van der Waals surface area (Å²) < 4.78 is 4.59. The summed E-state index contributed by atoms with van der Waals surface area (Å²) in [7, 11) is 1.26. The molecule has 120 valence electrons. The monoisotopic (exact) mass is 326 g/mol. The lowest BCUT2D eigenvalue weighted by Crippen LogP contribution is -2.45. The lowest BCUT2D eigenvalue weighted by atomic mass is 10.1. The van der Waals surface area contributed by atoms with Crippen molar-refractivity contribution in [2.75, 3.05) is 13.7 Å². The minimum Gasteiger partial charge on any atom is -0.469 e. The van der Waals surface area contributed by atoms with Gasteiger partial charge in [-0.25, -0.2) is 4.79 Å². The molecule has 0 aliphatic heterocycles. The summed E-state index contributed by atoms with van der Waals surface area (Å²) in [5.74, 6) is -1.50. The van der Waals surface area contributed by atoms with Crippen molar-refractivity contribution in [3.05, 3.63) is 34.9 Å². The Morgan fingerprint density at radius 2 is 1.86 bits per heavy atom. The van der Waals surface area contributed by atoms with E-state index in [0.29, 0.717) is 5.02 Å². The molecule has 1 atom stereocenters. The number of rotatable bonds is 5. The molecule has 0 saturated carbocycles. The molecule has 1 N–H and O–H groups in total. The van der Waals surface area contributed by atoms with Gasteiger partial charge in [0.1, 0.15) is 0 Å². The number of carbonyl (C=O) groups is 3. The van der Waals surface area contributed by atoms with Gasteiger partial charge in [0.15, 0.2) is 0 Å². The van der Waals surface area contributed by atoms with E-state index in [9.17, 15) is 14.4 Å². The minimum absolute atomic E-state index is 0.0333. The molecule has 22 heavy (non-hydrogen) atoms. The Bertz CT molecular complexity index is 545. The fourth-order valence-corrected chi connectivity index (χ4v) is 1.91. The molecule has 0 bridgehead atoms. The van der Waals surface area contributed by atoms with Gasteiger partial charge in [0.05, 0.1) is 13.0 Å². The van der Waals surface area contributed by atoms with E-state index in [1.54, 1.807) is 31.2 Å². The van der Waals surface area contributed by atoms with Crippen molar-refractivity contribution in [3.63, 3.8) is 0 Å². The molecule has 1 aromatic carbocycles. The van der Waals surface area contributed by atoms with Crippen LogP contribution in [0.15, 0.2) is 24.3 Å². The van der Waals surface area contributed by atoms with Crippen LogP contribution >= 0.6 is 11.6 Å². The molecule has 0 spiro atoms. The van der Waals surface area contributed by atoms with Crippen LogP contribution < -0.4 is 5.32 Å². The molecule has 0 unspecified atom stereocenters. The van der Waals surface area contributed by atoms with Crippen molar-refractivity contribution in [2.24, 2.45) is 5.92 Å². The molecular formula is C15H19ClN2O4. The van der Waals surface area contributed by atoms with E-state index in [1.165, 1.54) is 14.0 Å². The maximum atomic E-state index is 12.1. The Hall–Kier alpha value is -2.08. The minimum atomic E-state index is -0.588. The number of ether oxygens (including phenoxy) is 1. The predicted molar refractivity (Wildman–Crippen MR) is 82.3 cm³/mol.